The van der Waals surface area contributed by atoms with E-state index in [0.717, 1.165) is 5.92 Å². The quantitative estimate of drug-likeness (QED) is 0.572. The van der Waals surface area contributed by atoms with Gasteiger partial charge in [0.15, 0.2) is 0 Å². The molecule has 1 unspecified atom stereocenters. The van der Waals surface area contributed by atoms with Crippen LogP contribution in [0.1, 0.15) is 30.5 Å². The number of rotatable bonds is 1. The monoisotopic (exact) mass is 133 g/mol. The number of pyridine rings is 1. The summed E-state index contributed by atoms with van der Waals surface area (Å²) in [5.41, 5.74) is 2.79. The van der Waals surface area contributed by atoms with E-state index in [0.29, 0.717) is 0 Å². The molecular weight excluding hydrogens is 122 g/mol. The zero-order valence-electron chi connectivity index (χ0n) is 6.17. The zero-order chi connectivity index (χ0) is 6.97. The van der Waals surface area contributed by atoms with Crippen LogP contribution in [0.3, 0.4) is 0 Å². The topological polar surface area (TPSA) is 12.9 Å². The number of hydrogen-bond donors (Lipinski definition) is 0. The minimum Gasteiger partial charge on any atom is -0.261 e. The van der Waals surface area contributed by atoms with E-state index in [1.807, 2.05) is 12.3 Å². The Morgan fingerprint density at radius 2 is 2.60 bits per heavy atom. The molecular formula is C9H11N. The van der Waals surface area contributed by atoms with Crippen LogP contribution in [0.2, 0.25) is 0 Å². The normalized spacial score (nSPS) is 21.5. The van der Waals surface area contributed by atoms with E-state index in [9.17, 15) is 0 Å². The van der Waals surface area contributed by atoms with Crippen molar-refractivity contribution in [1.29, 1.82) is 0 Å². The molecule has 1 heteroatoms. The third-order valence-corrected chi connectivity index (χ3v) is 2.27. The highest BCUT2D eigenvalue weighted by molar-refractivity contribution is 5.33. The van der Waals surface area contributed by atoms with Gasteiger partial charge in [0.05, 0.1) is 0 Å². The van der Waals surface area contributed by atoms with Crippen molar-refractivity contribution in [3.63, 3.8) is 0 Å². The maximum absolute atomic E-state index is 4.32. The number of fused-ring (bicyclic) bond motifs is 1. The first-order valence-corrected chi connectivity index (χ1v) is 3.85. The predicted molar refractivity (Wildman–Crippen MR) is 41.0 cm³/mol. The van der Waals surface area contributed by atoms with Gasteiger partial charge in [0.1, 0.15) is 0 Å². The molecule has 0 aliphatic heterocycles. The van der Waals surface area contributed by atoms with Crippen LogP contribution in [0.4, 0.5) is 0 Å². The Bertz CT molecular complexity index is 242. The number of nitrogens with zero attached hydrogens (tertiary/aromatic N) is 1. The third kappa shape index (κ3) is 0.666. The second-order valence-corrected chi connectivity index (χ2v) is 2.86. The van der Waals surface area contributed by atoms with Gasteiger partial charge in [0, 0.05) is 17.8 Å². The summed E-state index contributed by atoms with van der Waals surface area (Å²) < 4.78 is 0. The lowest BCUT2D eigenvalue weighted by molar-refractivity contribution is 0.564. The first kappa shape index (κ1) is 5.90. The van der Waals surface area contributed by atoms with Gasteiger partial charge in [-0.3, -0.25) is 4.98 Å². The minimum absolute atomic E-state index is 0.760. The fraction of sp³-hybridized carbons (Fsp3) is 0.444. The Morgan fingerprint density at radius 1 is 1.70 bits per heavy atom. The lowest BCUT2D eigenvalue weighted by atomic mass is 9.80. The van der Waals surface area contributed by atoms with Gasteiger partial charge >= 0.3 is 0 Å². The fourth-order valence-corrected chi connectivity index (χ4v) is 1.56. The molecule has 0 saturated heterocycles. The molecule has 52 valence electrons. The van der Waals surface area contributed by atoms with Crippen molar-refractivity contribution in [2.75, 3.05) is 0 Å². The summed E-state index contributed by atoms with van der Waals surface area (Å²) in [6.07, 6.45) is 4.38. The molecule has 0 amide bonds. The van der Waals surface area contributed by atoms with Crippen molar-refractivity contribution < 1.29 is 0 Å². The molecule has 0 aromatic carbocycles. The second kappa shape index (κ2) is 2.08. The van der Waals surface area contributed by atoms with Crippen molar-refractivity contribution in [1.82, 2.24) is 4.98 Å². The van der Waals surface area contributed by atoms with Gasteiger partial charge in [-0.2, -0.15) is 0 Å². The smallest absolute Gasteiger partial charge is 0.0469 e. The Balaban J connectivity index is 2.34. The van der Waals surface area contributed by atoms with Crippen LogP contribution in [-0.4, -0.2) is 4.98 Å². The SMILES string of the molecule is CCC1Cc2cccnc21. The van der Waals surface area contributed by atoms with Crippen molar-refractivity contribution in [2.45, 2.75) is 25.7 Å². The van der Waals surface area contributed by atoms with Crippen LogP contribution >= 0.6 is 0 Å². The molecule has 1 aromatic heterocycles. The summed E-state index contributed by atoms with van der Waals surface area (Å²) in [6, 6.07) is 4.19. The summed E-state index contributed by atoms with van der Waals surface area (Å²) in [6.45, 7) is 2.22. The van der Waals surface area contributed by atoms with Crippen molar-refractivity contribution >= 4 is 0 Å². The van der Waals surface area contributed by atoms with Crippen LogP contribution in [0, 0.1) is 0 Å². The molecule has 10 heavy (non-hydrogen) atoms. The highest BCUT2D eigenvalue weighted by Gasteiger charge is 2.24. The Kier molecular flexibility index (Phi) is 1.23. The van der Waals surface area contributed by atoms with Crippen molar-refractivity contribution in [2.24, 2.45) is 0 Å². The fourth-order valence-electron chi connectivity index (χ4n) is 1.56. The molecule has 0 N–H and O–H groups in total. The van der Waals surface area contributed by atoms with Gasteiger partial charge < -0.3 is 0 Å². The molecule has 0 bridgehead atoms. The van der Waals surface area contributed by atoms with E-state index in [1.165, 1.54) is 24.1 Å². The lowest BCUT2D eigenvalue weighted by Gasteiger charge is -2.26. The molecule has 1 atom stereocenters. The minimum atomic E-state index is 0.760. The largest absolute Gasteiger partial charge is 0.261 e. The van der Waals surface area contributed by atoms with Gasteiger partial charge in [-0.1, -0.05) is 13.0 Å². The molecule has 0 saturated carbocycles. The van der Waals surface area contributed by atoms with Crippen LogP contribution in [-0.2, 0) is 6.42 Å². The Hall–Kier alpha value is -0.850. The van der Waals surface area contributed by atoms with Gasteiger partial charge in [-0.05, 0) is 24.5 Å². The zero-order valence-corrected chi connectivity index (χ0v) is 6.17. The van der Waals surface area contributed by atoms with Crippen LogP contribution in [0.15, 0.2) is 18.3 Å². The first-order chi connectivity index (χ1) is 4.92. The molecule has 1 aromatic rings. The highest BCUT2D eigenvalue weighted by atomic mass is 14.7. The van der Waals surface area contributed by atoms with Gasteiger partial charge in [0.2, 0.25) is 0 Å². The van der Waals surface area contributed by atoms with Crippen LogP contribution in [0.5, 0.6) is 0 Å². The Labute approximate surface area is 61.1 Å². The molecule has 0 fully saturated rings. The summed E-state index contributed by atoms with van der Waals surface area (Å²) >= 11 is 0. The van der Waals surface area contributed by atoms with E-state index < -0.39 is 0 Å². The van der Waals surface area contributed by atoms with Crippen molar-refractivity contribution in [3.05, 3.63) is 29.6 Å². The molecule has 1 nitrogen and oxygen atoms in total. The van der Waals surface area contributed by atoms with E-state index in [1.54, 1.807) is 0 Å². The second-order valence-electron chi connectivity index (χ2n) is 2.86. The van der Waals surface area contributed by atoms with Crippen LogP contribution in [0.25, 0.3) is 0 Å². The maximum Gasteiger partial charge on any atom is 0.0469 e. The summed E-state index contributed by atoms with van der Waals surface area (Å²) in [7, 11) is 0. The first-order valence-electron chi connectivity index (χ1n) is 3.85. The van der Waals surface area contributed by atoms with Gasteiger partial charge in [-0.15, -0.1) is 0 Å². The van der Waals surface area contributed by atoms with E-state index in [2.05, 4.69) is 18.0 Å². The summed E-state index contributed by atoms with van der Waals surface area (Å²) in [5, 5.41) is 0. The predicted octanol–water partition coefficient (Wildman–Crippen LogP) is 2.13. The van der Waals surface area contributed by atoms with Gasteiger partial charge in [0.25, 0.3) is 0 Å². The molecule has 1 aliphatic carbocycles. The average Bonchev–Trinajstić information content (AvgIpc) is 1.92. The van der Waals surface area contributed by atoms with E-state index >= 15 is 0 Å². The Morgan fingerprint density at radius 3 is 3.30 bits per heavy atom. The van der Waals surface area contributed by atoms with E-state index in [4.69, 9.17) is 0 Å². The molecule has 0 spiro atoms. The standard InChI is InChI=1S/C9H11N/c1-2-7-6-8-4-3-5-10-9(7)8/h3-5,7H,2,6H2,1H3. The average molecular weight is 133 g/mol. The molecule has 2 rings (SSSR count). The lowest BCUT2D eigenvalue weighted by Crippen LogP contribution is -2.17. The van der Waals surface area contributed by atoms with Crippen molar-refractivity contribution in [3.8, 4) is 0 Å². The third-order valence-electron chi connectivity index (χ3n) is 2.27. The molecule has 0 radical (unpaired) electrons. The number of aromatic nitrogens is 1. The summed E-state index contributed by atoms with van der Waals surface area (Å²) in [5.74, 6) is 0.760. The highest BCUT2D eigenvalue weighted by Crippen LogP contribution is 2.34. The molecule has 1 aliphatic rings. The summed E-state index contributed by atoms with van der Waals surface area (Å²) in [4.78, 5) is 4.32. The number of hydrogen-bond acceptors (Lipinski definition) is 1. The van der Waals surface area contributed by atoms with E-state index in [-0.39, 0.29) is 0 Å². The van der Waals surface area contributed by atoms with Crippen LogP contribution < -0.4 is 0 Å². The van der Waals surface area contributed by atoms with Gasteiger partial charge in [-0.25, -0.2) is 0 Å². The molecule has 1 heterocycles. The maximum atomic E-state index is 4.32.